The van der Waals surface area contributed by atoms with Crippen LogP contribution in [0.4, 0.5) is 5.69 Å². The van der Waals surface area contributed by atoms with Gasteiger partial charge in [-0.2, -0.15) is 5.10 Å². The van der Waals surface area contributed by atoms with Crippen molar-refractivity contribution in [1.82, 2.24) is 9.73 Å². The molecule has 0 spiro atoms. The summed E-state index contributed by atoms with van der Waals surface area (Å²) in [4.78, 5) is 17.7. The predicted octanol–water partition coefficient (Wildman–Crippen LogP) is 4.02. The van der Waals surface area contributed by atoms with Gasteiger partial charge >= 0.3 is 5.97 Å². The van der Waals surface area contributed by atoms with Crippen LogP contribution in [0.15, 0.2) is 93.9 Å². The number of hydrogen-bond acceptors (Lipinski definition) is 6. The number of carboxylic acid groups (broad SMARTS) is 1. The minimum Gasteiger partial charge on any atom is -0.480 e. The van der Waals surface area contributed by atoms with Gasteiger partial charge in [-0.1, -0.05) is 60.1 Å². The van der Waals surface area contributed by atoms with Crippen molar-refractivity contribution in [2.45, 2.75) is 23.8 Å². The van der Waals surface area contributed by atoms with Gasteiger partial charge in [-0.25, -0.2) is 27.9 Å². The molecule has 198 valence electrons. The third-order valence-electron chi connectivity index (χ3n) is 6.05. The number of nitrogens with zero attached hydrogens (tertiary/aromatic N) is 4. The lowest BCUT2D eigenvalue weighted by Crippen LogP contribution is -2.42. The molecule has 0 saturated heterocycles. The molecule has 4 rings (SSSR count). The number of hydrogen-bond donors (Lipinski definition) is 2. The van der Waals surface area contributed by atoms with Crippen molar-refractivity contribution in [2.75, 3.05) is 25.5 Å². The first kappa shape index (κ1) is 27.2. The second kappa shape index (κ2) is 11.2. The van der Waals surface area contributed by atoms with Crippen LogP contribution in [-0.4, -0.2) is 62.9 Å². The number of guanidine groups is 1. The average molecular weight is 554 g/mol. The van der Waals surface area contributed by atoms with Gasteiger partial charge in [0.05, 0.1) is 17.2 Å². The van der Waals surface area contributed by atoms with Gasteiger partial charge in [-0.3, -0.25) is 0 Å². The highest BCUT2D eigenvalue weighted by Gasteiger charge is 2.33. The van der Waals surface area contributed by atoms with E-state index in [1.54, 1.807) is 6.07 Å². The highest BCUT2D eigenvalue weighted by molar-refractivity contribution is 7.90. The first-order valence-electron chi connectivity index (χ1n) is 11.8. The van der Waals surface area contributed by atoms with Crippen molar-refractivity contribution in [1.29, 1.82) is 0 Å². The van der Waals surface area contributed by atoms with E-state index in [4.69, 9.17) is 16.7 Å². The van der Waals surface area contributed by atoms with Crippen LogP contribution in [-0.2, 0) is 14.8 Å². The first-order chi connectivity index (χ1) is 18.0. The lowest BCUT2D eigenvalue weighted by atomic mass is 9.90. The third-order valence-corrected chi connectivity index (χ3v) is 7.61. The number of carboxylic acids is 1. The topological polar surface area (TPSA) is 115 Å². The second-order valence-electron chi connectivity index (χ2n) is 9.00. The molecule has 0 amide bonds. The molecule has 1 aliphatic heterocycles. The third kappa shape index (κ3) is 6.15. The van der Waals surface area contributed by atoms with E-state index in [-0.39, 0.29) is 28.3 Å². The number of aliphatic imine (C=N–C) groups is 1. The summed E-state index contributed by atoms with van der Waals surface area (Å²) in [5, 5.41) is 15.9. The van der Waals surface area contributed by atoms with Gasteiger partial charge in [0, 0.05) is 30.7 Å². The Morgan fingerprint density at radius 2 is 1.79 bits per heavy atom. The summed E-state index contributed by atoms with van der Waals surface area (Å²) in [5.41, 5.74) is 3.57. The first-order valence-corrected chi connectivity index (χ1v) is 13.7. The Labute approximate surface area is 227 Å². The number of benzene rings is 3. The molecule has 0 aliphatic carbocycles. The summed E-state index contributed by atoms with van der Waals surface area (Å²) in [6.07, 6.45) is 0. The maximum absolute atomic E-state index is 13.2. The molecule has 1 aliphatic rings. The number of aliphatic carboxylic acids is 1. The van der Waals surface area contributed by atoms with E-state index in [1.807, 2.05) is 73.6 Å². The van der Waals surface area contributed by atoms with E-state index < -0.39 is 22.0 Å². The molecule has 0 fully saturated rings. The van der Waals surface area contributed by atoms with Gasteiger partial charge in [0.2, 0.25) is 5.96 Å². The van der Waals surface area contributed by atoms with Crippen LogP contribution in [0, 0.1) is 0 Å². The number of carbonyl (C=O) groups is 1. The predicted molar refractivity (Wildman–Crippen MR) is 150 cm³/mol. The van der Waals surface area contributed by atoms with Crippen LogP contribution in [0.1, 0.15) is 24.0 Å². The van der Waals surface area contributed by atoms with Crippen molar-refractivity contribution in [3.63, 3.8) is 0 Å². The summed E-state index contributed by atoms with van der Waals surface area (Å²) in [5.74, 6) is -1.62. The summed E-state index contributed by atoms with van der Waals surface area (Å²) in [6.45, 7) is 1.61. The largest absolute Gasteiger partial charge is 0.480 e. The monoisotopic (exact) mass is 553 g/mol. The Kier molecular flexibility index (Phi) is 8.03. The summed E-state index contributed by atoms with van der Waals surface area (Å²) < 4.78 is 28.9. The fourth-order valence-corrected chi connectivity index (χ4v) is 5.28. The smallest absolute Gasteiger partial charge is 0.328 e. The molecule has 2 N–H and O–H groups in total. The van der Waals surface area contributed by atoms with E-state index in [2.05, 4.69) is 9.71 Å². The Morgan fingerprint density at radius 3 is 2.39 bits per heavy atom. The van der Waals surface area contributed by atoms with E-state index in [9.17, 15) is 18.3 Å². The zero-order chi connectivity index (χ0) is 27.4. The molecule has 0 aromatic heterocycles. The van der Waals surface area contributed by atoms with Crippen molar-refractivity contribution in [3.05, 3.63) is 95.0 Å². The molecule has 3 aromatic rings. The van der Waals surface area contributed by atoms with E-state index in [0.717, 1.165) is 16.8 Å². The number of anilines is 1. The molecule has 2 unspecified atom stereocenters. The minimum atomic E-state index is -4.14. The van der Waals surface area contributed by atoms with Gasteiger partial charge in [-0.05, 0) is 48.4 Å². The molecule has 1 heterocycles. The standard InChI is InChI=1S/C27H28ClN5O4S/c1-18(26(34)35)29-27(31-38(36,37)23-11-7-10-21(28)16-23)33-17-24(19-8-5-4-6-9-19)25(30-33)20-12-14-22(15-13-20)32(2)3/h4-16,18,24H,17H2,1-3H3,(H,29,31)(H,34,35). The van der Waals surface area contributed by atoms with E-state index in [0.29, 0.717) is 5.71 Å². The number of rotatable bonds is 7. The van der Waals surface area contributed by atoms with Crippen LogP contribution in [0.25, 0.3) is 0 Å². The maximum Gasteiger partial charge on any atom is 0.328 e. The molecule has 38 heavy (non-hydrogen) atoms. The van der Waals surface area contributed by atoms with Gasteiger partial charge in [0.25, 0.3) is 10.0 Å². The highest BCUT2D eigenvalue weighted by atomic mass is 35.5. The lowest BCUT2D eigenvalue weighted by Gasteiger charge is -2.20. The van der Waals surface area contributed by atoms with Crippen molar-refractivity contribution >= 4 is 45.0 Å². The summed E-state index contributed by atoms with van der Waals surface area (Å²) in [6, 6.07) is 22.1. The number of sulfonamides is 1. The van der Waals surface area contributed by atoms with Crippen LogP contribution < -0.4 is 9.62 Å². The molecule has 9 nitrogen and oxygen atoms in total. The zero-order valence-electron chi connectivity index (χ0n) is 21.1. The van der Waals surface area contributed by atoms with Crippen molar-refractivity contribution in [3.8, 4) is 0 Å². The van der Waals surface area contributed by atoms with Gasteiger partial charge in [-0.15, -0.1) is 0 Å². The van der Waals surface area contributed by atoms with Crippen LogP contribution in [0.3, 0.4) is 0 Å². The maximum atomic E-state index is 13.2. The van der Waals surface area contributed by atoms with Crippen LogP contribution in [0.2, 0.25) is 5.02 Å². The molecule has 0 saturated carbocycles. The summed E-state index contributed by atoms with van der Waals surface area (Å²) >= 11 is 6.01. The fourth-order valence-electron chi connectivity index (χ4n) is 3.97. The Morgan fingerprint density at radius 1 is 1.11 bits per heavy atom. The Hall–Kier alpha value is -3.89. The molecule has 0 radical (unpaired) electrons. The minimum absolute atomic E-state index is 0.0806. The number of nitrogens with one attached hydrogen (secondary N) is 1. The molecule has 2 atom stereocenters. The Bertz CT molecular complexity index is 1470. The van der Waals surface area contributed by atoms with Gasteiger partial charge in [0.15, 0.2) is 0 Å². The normalized spacial score (nSPS) is 16.6. The number of hydrazone groups is 1. The van der Waals surface area contributed by atoms with Gasteiger partial charge in [0.1, 0.15) is 6.04 Å². The summed E-state index contributed by atoms with van der Waals surface area (Å²) in [7, 11) is -0.238. The van der Waals surface area contributed by atoms with E-state index in [1.165, 1.54) is 30.1 Å². The highest BCUT2D eigenvalue weighted by Crippen LogP contribution is 2.30. The average Bonchev–Trinajstić information content (AvgIpc) is 3.34. The van der Waals surface area contributed by atoms with Gasteiger partial charge < -0.3 is 10.0 Å². The fraction of sp³-hybridized carbons (Fsp3) is 0.222. The SMILES string of the molecule is CC(N=C(NS(=O)(=O)c1cccc(Cl)c1)N1CC(c2ccccc2)C(c2ccc(N(C)C)cc2)=N1)C(=O)O. The molecule has 3 aromatic carbocycles. The molecule has 11 heteroatoms. The molecular formula is C27H28ClN5O4S. The Balaban J connectivity index is 1.77. The van der Waals surface area contributed by atoms with Crippen molar-refractivity contribution < 1.29 is 18.3 Å². The molecular weight excluding hydrogens is 526 g/mol. The van der Waals surface area contributed by atoms with Crippen LogP contribution >= 0.6 is 11.6 Å². The van der Waals surface area contributed by atoms with E-state index >= 15 is 0 Å². The second-order valence-corrected chi connectivity index (χ2v) is 11.1. The van der Waals surface area contributed by atoms with Crippen molar-refractivity contribution in [2.24, 2.45) is 10.1 Å². The number of halogens is 1. The van der Waals surface area contributed by atoms with Crippen LogP contribution in [0.5, 0.6) is 0 Å². The zero-order valence-corrected chi connectivity index (χ0v) is 22.7. The molecule has 0 bridgehead atoms. The quantitative estimate of drug-likeness (QED) is 0.337. The lowest BCUT2D eigenvalue weighted by molar-refractivity contribution is -0.138.